The Hall–Kier alpha value is -2.49. The third-order valence-electron chi connectivity index (χ3n) is 4.35. The van der Waals surface area contributed by atoms with Crippen molar-refractivity contribution in [3.8, 4) is 0 Å². The molecule has 0 N–H and O–H groups in total. The van der Waals surface area contributed by atoms with Gasteiger partial charge in [0.15, 0.2) is 0 Å². The zero-order chi connectivity index (χ0) is 25.8. The predicted molar refractivity (Wildman–Crippen MR) is 104 cm³/mol. The zero-order valence-electron chi connectivity index (χ0n) is 17.4. The summed E-state index contributed by atoms with van der Waals surface area (Å²) < 4.78 is 131. The minimum absolute atomic E-state index is 0.159. The summed E-state index contributed by atoms with van der Waals surface area (Å²) in [6.45, 7) is 6.33. The molecule has 0 aliphatic rings. The fourth-order valence-corrected chi connectivity index (χ4v) is 5.71. The van der Waals surface area contributed by atoms with Crippen LogP contribution in [0.4, 0.5) is 32.0 Å². The normalized spacial score (nSPS) is 13.9. The molecule has 1 heterocycles. The first-order valence-corrected chi connectivity index (χ1v) is 11.8. The van der Waals surface area contributed by atoms with Crippen LogP contribution in [0.5, 0.6) is 0 Å². The Morgan fingerprint density at radius 2 is 1.36 bits per heavy atom. The van der Waals surface area contributed by atoms with Crippen LogP contribution < -0.4 is 9.34 Å². The molecule has 0 radical (unpaired) electrons. The molecule has 0 aliphatic heterocycles. The highest BCUT2D eigenvalue weighted by Gasteiger charge is 2.62. The molecule has 0 bridgehead atoms. The largest absolute Gasteiger partial charge is 0.517 e. The first-order valence-electron chi connectivity index (χ1n) is 8.87. The number of hydrogen-bond acceptors (Lipinski definition) is 6. The molecule has 2 aromatic rings. The summed E-state index contributed by atoms with van der Waals surface area (Å²) in [6, 6.07) is 3.32. The number of anilines is 1. The van der Waals surface area contributed by atoms with Gasteiger partial charge in [0.05, 0.1) is 22.5 Å². The Morgan fingerprint density at radius 1 is 0.909 bits per heavy atom. The van der Waals surface area contributed by atoms with E-state index in [9.17, 15) is 48.0 Å². The summed E-state index contributed by atoms with van der Waals surface area (Å²) in [5.74, 6) is 0. The zero-order valence-corrected chi connectivity index (χ0v) is 19.1. The van der Waals surface area contributed by atoms with Crippen molar-refractivity contribution in [2.75, 3.05) is 3.71 Å². The van der Waals surface area contributed by atoms with Gasteiger partial charge in [-0.05, 0) is 39.3 Å². The Labute approximate surface area is 184 Å². The SMILES string of the molecule is Cc1c(Cc2ccccc2N(S(=O)(=O)C(F)(F)F)S(=O)(=O)C(F)(F)F)c(=O)on1C(C)(C)C. The average Bonchev–Trinajstić information content (AvgIpc) is 2.89. The number of para-hydroxylation sites is 1. The Balaban J connectivity index is 2.83. The number of halogens is 6. The van der Waals surface area contributed by atoms with E-state index >= 15 is 0 Å². The van der Waals surface area contributed by atoms with E-state index in [0.717, 1.165) is 22.9 Å². The summed E-state index contributed by atoms with van der Waals surface area (Å²) >= 11 is 0. The van der Waals surface area contributed by atoms with E-state index in [0.29, 0.717) is 6.07 Å². The van der Waals surface area contributed by atoms with Gasteiger partial charge in [-0.3, -0.25) is 0 Å². The number of benzene rings is 1. The maximum Gasteiger partial charge on any atom is 0.517 e. The molecule has 0 atom stereocenters. The Morgan fingerprint density at radius 3 is 1.76 bits per heavy atom. The van der Waals surface area contributed by atoms with Crippen molar-refractivity contribution in [2.45, 2.75) is 50.7 Å². The average molecular weight is 524 g/mol. The first kappa shape index (κ1) is 26.8. The molecule has 0 spiro atoms. The van der Waals surface area contributed by atoms with Gasteiger partial charge >= 0.3 is 36.7 Å². The molecule has 16 heteroatoms. The number of alkyl halides is 6. The van der Waals surface area contributed by atoms with E-state index in [1.807, 2.05) is 0 Å². The molecule has 1 aromatic heterocycles. The highest BCUT2D eigenvalue weighted by molar-refractivity contribution is 8.11. The minimum atomic E-state index is -7.07. The highest BCUT2D eigenvalue weighted by atomic mass is 32.3. The molecule has 0 amide bonds. The third-order valence-corrected chi connectivity index (χ3v) is 7.96. The van der Waals surface area contributed by atoms with E-state index in [1.165, 1.54) is 6.92 Å². The van der Waals surface area contributed by atoms with Crippen molar-refractivity contribution in [3.63, 3.8) is 0 Å². The third kappa shape index (κ3) is 4.76. The van der Waals surface area contributed by atoms with E-state index < -0.39 is 63.6 Å². The van der Waals surface area contributed by atoms with Crippen LogP contribution in [0.15, 0.2) is 33.6 Å². The number of aromatic nitrogens is 1. The lowest BCUT2D eigenvalue weighted by atomic mass is 10.0. The number of rotatable bonds is 5. The highest BCUT2D eigenvalue weighted by Crippen LogP contribution is 2.40. The second-order valence-corrected chi connectivity index (χ2v) is 11.6. The van der Waals surface area contributed by atoms with Gasteiger partial charge < -0.3 is 4.52 Å². The van der Waals surface area contributed by atoms with Gasteiger partial charge in [0.2, 0.25) is 0 Å². The Kier molecular flexibility index (Phi) is 6.55. The van der Waals surface area contributed by atoms with Gasteiger partial charge in [-0.2, -0.15) is 43.2 Å². The molecule has 0 unspecified atom stereocenters. The molecule has 0 aliphatic carbocycles. The fraction of sp³-hybridized carbons (Fsp3) is 0.471. The maximum absolute atomic E-state index is 13.2. The minimum Gasteiger partial charge on any atom is -0.335 e. The Bertz CT molecular complexity index is 1270. The lowest BCUT2D eigenvalue weighted by molar-refractivity contribution is -0.0462. The second kappa shape index (κ2) is 8.07. The van der Waals surface area contributed by atoms with Crippen LogP contribution in [0.3, 0.4) is 0 Å². The molecular weight excluding hydrogens is 506 g/mol. The molecular formula is C17H18F6N2O6S2. The van der Waals surface area contributed by atoms with Crippen molar-refractivity contribution in [1.29, 1.82) is 0 Å². The second-order valence-electron chi connectivity index (χ2n) is 7.81. The van der Waals surface area contributed by atoms with Crippen molar-refractivity contribution in [2.24, 2.45) is 0 Å². The lowest BCUT2D eigenvalue weighted by Crippen LogP contribution is -2.49. The summed E-state index contributed by atoms with van der Waals surface area (Å²) in [7, 11) is -14.1. The number of hydrogen-bond donors (Lipinski definition) is 0. The maximum atomic E-state index is 13.2. The van der Waals surface area contributed by atoms with Crippen molar-refractivity contribution < 1.29 is 47.7 Å². The van der Waals surface area contributed by atoms with E-state index in [4.69, 9.17) is 4.52 Å². The monoisotopic (exact) mass is 524 g/mol. The molecule has 8 nitrogen and oxygen atoms in total. The van der Waals surface area contributed by atoms with Crippen LogP contribution in [0.2, 0.25) is 0 Å². The molecule has 0 fully saturated rings. The molecule has 186 valence electrons. The van der Waals surface area contributed by atoms with Crippen molar-refractivity contribution >= 4 is 25.7 Å². The van der Waals surface area contributed by atoms with Gasteiger partial charge in [0, 0.05) is 6.42 Å². The smallest absolute Gasteiger partial charge is 0.335 e. The van der Waals surface area contributed by atoms with Gasteiger partial charge in [-0.25, -0.2) is 9.53 Å². The van der Waals surface area contributed by atoms with E-state index in [1.54, 1.807) is 20.8 Å². The van der Waals surface area contributed by atoms with Gasteiger partial charge in [0.1, 0.15) is 0 Å². The van der Waals surface area contributed by atoms with Crippen LogP contribution in [0.25, 0.3) is 0 Å². The van der Waals surface area contributed by atoms with Crippen LogP contribution >= 0.6 is 0 Å². The summed E-state index contributed by atoms with van der Waals surface area (Å²) in [5.41, 5.74) is -16.6. The summed E-state index contributed by atoms with van der Waals surface area (Å²) in [6.07, 6.45) is -0.718. The lowest BCUT2D eigenvalue weighted by Gasteiger charge is -2.27. The summed E-state index contributed by atoms with van der Waals surface area (Å²) in [5, 5.41) is 0. The van der Waals surface area contributed by atoms with Gasteiger partial charge in [-0.1, -0.05) is 18.2 Å². The van der Waals surface area contributed by atoms with Crippen LogP contribution in [0, 0.1) is 6.92 Å². The van der Waals surface area contributed by atoms with Crippen molar-refractivity contribution in [1.82, 2.24) is 4.74 Å². The van der Waals surface area contributed by atoms with E-state index in [-0.39, 0.29) is 11.3 Å². The first-order chi connectivity index (χ1) is 14.6. The molecule has 0 saturated heterocycles. The predicted octanol–water partition coefficient (Wildman–Crippen LogP) is 3.60. The van der Waals surface area contributed by atoms with Gasteiger partial charge in [0.25, 0.3) is 0 Å². The molecule has 33 heavy (non-hydrogen) atoms. The molecule has 2 rings (SSSR count). The molecule has 1 aromatic carbocycles. The van der Waals surface area contributed by atoms with Gasteiger partial charge in [-0.15, -0.1) is 3.71 Å². The number of nitrogens with zero attached hydrogens (tertiary/aromatic N) is 2. The fourth-order valence-electron chi connectivity index (χ4n) is 2.92. The van der Waals surface area contributed by atoms with E-state index in [2.05, 4.69) is 0 Å². The number of sulfonamides is 2. The van der Waals surface area contributed by atoms with Crippen LogP contribution in [-0.2, 0) is 32.0 Å². The van der Waals surface area contributed by atoms with Crippen LogP contribution in [0.1, 0.15) is 37.6 Å². The molecule has 0 saturated carbocycles. The quantitative estimate of drug-likeness (QED) is 0.554. The topological polar surface area (TPSA) is 107 Å². The summed E-state index contributed by atoms with van der Waals surface area (Å²) in [4.78, 5) is 12.3. The van der Waals surface area contributed by atoms with Crippen molar-refractivity contribution in [3.05, 3.63) is 51.5 Å². The van der Waals surface area contributed by atoms with Crippen LogP contribution in [-0.4, -0.2) is 32.6 Å². The standard InChI is InChI=1S/C17H18F6N2O6S2/c1-10-12(14(26)31-24(10)15(2,3)4)9-11-7-5-6-8-13(11)25(32(27,28)16(18,19)20)33(29,30)17(21,22)23/h5-8H,9H2,1-4H3.